The first-order chi connectivity index (χ1) is 11.1. The molecule has 0 saturated heterocycles. The smallest absolute Gasteiger partial charge is 0.265 e. The molecule has 1 heterocycles. The first-order valence-corrected chi connectivity index (χ1v) is 7.54. The second kappa shape index (κ2) is 6.12. The Kier molecular flexibility index (Phi) is 4.02. The number of fused-ring (bicyclic) bond motifs is 1. The number of hydrogen-bond acceptors (Lipinski definition) is 3. The lowest BCUT2D eigenvalue weighted by Crippen LogP contribution is -2.38. The molecule has 0 atom stereocenters. The van der Waals surface area contributed by atoms with E-state index in [2.05, 4.69) is 5.32 Å². The number of hydrogen-bond donors (Lipinski definition) is 1. The molecule has 0 spiro atoms. The van der Waals surface area contributed by atoms with Crippen molar-refractivity contribution in [1.82, 2.24) is 0 Å². The summed E-state index contributed by atoms with van der Waals surface area (Å²) in [5, 5.41) is 2.88. The van der Waals surface area contributed by atoms with Gasteiger partial charge in [0.05, 0.1) is 5.69 Å². The van der Waals surface area contributed by atoms with E-state index >= 15 is 0 Å². The van der Waals surface area contributed by atoms with Crippen molar-refractivity contribution >= 4 is 23.2 Å². The number of nitrogens with one attached hydrogen (secondary N) is 1. The Bertz CT molecular complexity index is 771. The number of anilines is 2. The Hall–Kier alpha value is -2.82. The Morgan fingerprint density at radius 2 is 2.04 bits per heavy atom. The summed E-state index contributed by atoms with van der Waals surface area (Å²) in [5.74, 6) is 0.400. The molecule has 1 N–H and O–H groups in total. The number of amides is 2. The molecule has 1 aliphatic rings. The minimum atomic E-state index is -0.172. The molecule has 5 nitrogen and oxygen atoms in total. The molecule has 0 fully saturated rings. The SMILES string of the molecule is CCN1C(=O)COc2ccc(NC(=O)c3ccccc3C)cc21. The van der Waals surface area contributed by atoms with E-state index in [1.807, 2.05) is 32.0 Å². The fraction of sp³-hybridized carbons (Fsp3) is 0.222. The highest BCUT2D eigenvalue weighted by atomic mass is 16.5. The van der Waals surface area contributed by atoms with Crippen molar-refractivity contribution in [3.8, 4) is 5.75 Å². The molecule has 0 bridgehead atoms. The zero-order chi connectivity index (χ0) is 16.4. The number of nitrogens with zero attached hydrogens (tertiary/aromatic N) is 1. The van der Waals surface area contributed by atoms with E-state index < -0.39 is 0 Å². The molecule has 118 valence electrons. The third-order valence-corrected chi connectivity index (χ3v) is 3.87. The van der Waals surface area contributed by atoms with Gasteiger partial charge in [0.25, 0.3) is 11.8 Å². The lowest BCUT2D eigenvalue weighted by atomic mass is 10.1. The molecule has 0 radical (unpaired) electrons. The molecule has 0 unspecified atom stereocenters. The molecular formula is C18H18N2O3. The summed E-state index contributed by atoms with van der Waals surface area (Å²) in [7, 11) is 0. The van der Waals surface area contributed by atoms with E-state index in [0.29, 0.717) is 29.2 Å². The van der Waals surface area contributed by atoms with Gasteiger partial charge >= 0.3 is 0 Å². The number of benzene rings is 2. The molecule has 0 aliphatic carbocycles. The van der Waals surface area contributed by atoms with Gasteiger partial charge in [-0.2, -0.15) is 0 Å². The van der Waals surface area contributed by atoms with Crippen LogP contribution in [0.5, 0.6) is 5.75 Å². The number of carbonyl (C=O) groups is 2. The van der Waals surface area contributed by atoms with Crippen LogP contribution in [0.15, 0.2) is 42.5 Å². The normalized spacial score (nSPS) is 13.3. The predicted octanol–water partition coefficient (Wildman–Crippen LogP) is 2.99. The summed E-state index contributed by atoms with van der Waals surface area (Å²) in [5.41, 5.74) is 2.86. The van der Waals surface area contributed by atoms with Crippen molar-refractivity contribution in [2.45, 2.75) is 13.8 Å². The zero-order valence-corrected chi connectivity index (χ0v) is 13.1. The average Bonchev–Trinajstić information content (AvgIpc) is 2.55. The van der Waals surface area contributed by atoms with Crippen molar-refractivity contribution < 1.29 is 14.3 Å². The van der Waals surface area contributed by atoms with Crippen molar-refractivity contribution in [2.75, 3.05) is 23.4 Å². The minimum absolute atomic E-state index is 0.0513. The highest BCUT2D eigenvalue weighted by Crippen LogP contribution is 2.34. The van der Waals surface area contributed by atoms with Gasteiger partial charge in [0, 0.05) is 17.8 Å². The van der Waals surface area contributed by atoms with Crippen molar-refractivity contribution in [3.63, 3.8) is 0 Å². The highest BCUT2D eigenvalue weighted by molar-refractivity contribution is 6.06. The van der Waals surface area contributed by atoms with Gasteiger partial charge in [-0.15, -0.1) is 0 Å². The summed E-state index contributed by atoms with van der Waals surface area (Å²) >= 11 is 0. The lowest BCUT2D eigenvalue weighted by Gasteiger charge is -2.28. The standard InChI is InChI=1S/C18H18N2O3/c1-3-20-15-10-13(8-9-16(15)23-11-17(20)21)19-18(22)14-7-5-4-6-12(14)2/h4-10H,3,11H2,1-2H3,(H,19,22). The predicted molar refractivity (Wildman–Crippen MR) is 89.1 cm³/mol. The molecule has 2 aromatic rings. The Balaban J connectivity index is 1.88. The van der Waals surface area contributed by atoms with Crippen LogP contribution >= 0.6 is 0 Å². The summed E-state index contributed by atoms with van der Waals surface area (Å²) in [6.07, 6.45) is 0. The first-order valence-electron chi connectivity index (χ1n) is 7.54. The molecule has 23 heavy (non-hydrogen) atoms. The van der Waals surface area contributed by atoms with Crippen LogP contribution in [0.2, 0.25) is 0 Å². The van der Waals surface area contributed by atoms with Crippen LogP contribution in [-0.2, 0) is 4.79 Å². The maximum Gasteiger partial charge on any atom is 0.265 e. The minimum Gasteiger partial charge on any atom is -0.482 e. The highest BCUT2D eigenvalue weighted by Gasteiger charge is 2.24. The van der Waals surface area contributed by atoms with Gasteiger partial charge in [-0.05, 0) is 43.7 Å². The Morgan fingerprint density at radius 1 is 1.26 bits per heavy atom. The van der Waals surface area contributed by atoms with Gasteiger partial charge in [-0.1, -0.05) is 18.2 Å². The van der Waals surface area contributed by atoms with Gasteiger partial charge in [-0.25, -0.2) is 0 Å². The topological polar surface area (TPSA) is 58.6 Å². The van der Waals surface area contributed by atoms with E-state index in [4.69, 9.17) is 4.74 Å². The third kappa shape index (κ3) is 2.90. The van der Waals surface area contributed by atoms with Crippen LogP contribution in [0.3, 0.4) is 0 Å². The number of likely N-dealkylation sites (N-methyl/N-ethyl adjacent to an activating group) is 1. The van der Waals surface area contributed by atoms with Gasteiger partial charge in [0.1, 0.15) is 5.75 Å². The maximum atomic E-state index is 12.4. The fourth-order valence-corrected chi connectivity index (χ4v) is 2.65. The first kappa shape index (κ1) is 15.1. The number of carbonyl (C=O) groups excluding carboxylic acids is 2. The maximum absolute atomic E-state index is 12.4. The molecule has 2 amide bonds. The molecule has 3 rings (SSSR count). The summed E-state index contributed by atoms with van der Waals surface area (Å²) < 4.78 is 5.43. The molecule has 0 aromatic heterocycles. The van der Waals surface area contributed by atoms with Gasteiger partial charge < -0.3 is 15.0 Å². The molecule has 0 saturated carbocycles. The van der Waals surface area contributed by atoms with Crippen LogP contribution in [0.4, 0.5) is 11.4 Å². The third-order valence-electron chi connectivity index (χ3n) is 3.87. The van der Waals surface area contributed by atoms with Crippen LogP contribution in [-0.4, -0.2) is 25.0 Å². The zero-order valence-electron chi connectivity index (χ0n) is 13.1. The van der Waals surface area contributed by atoms with E-state index in [1.165, 1.54) is 0 Å². The van der Waals surface area contributed by atoms with Crippen LogP contribution in [0.1, 0.15) is 22.8 Å². The number of aryl methyl sites for hydroxylation is 1. The van der Waals surface area contributed by atoms with Crippen LogP contribution in [0, 0.1) is 6.92 Å². The van der Waals surface area contributed by atoms with Crippen LogP contribution in [0.25, 0.3) is 0 Å². The number of ether oxygens (including phenoxy) is 1. The number of rotatable bonds is 3. The van der Waals surface area contributed by atoms with Crippen molar-refractivity contribution in [3.05, 3.63) is 53.6 Å². The van der Waals surface area contributed by atoms with E-state index in [0.717, 1.165) is 5.56 Å². The average molecular weight is 310 g/mol. The summed E-state index contributed by atoms with van der Waals surface area (Å²) in [6, 6.07) is 12.7. The Labute approximate surface area is 134 Å². The van der Waals surface area contributed by atoms with E-state index in [-0.39, 0.29) is 18.4 Å². The summed E-state index contributed by atoms with van der Waals surface area (Å²) in [4.78, 5) is 26.0. The fourth-order valence-electron chi connectivity index (χ4n) is 2.65. The molecule has 5 heteroatoms. The van der Waals surface area contributed by atoms with Gasteiger partial charge in [-0.3, -0.25) is 9.59 Å². The van der Waals surface area contributed by atoms with Crippen LogP contribution < -0.4 is 15.0 Å². The molecule has 2 aromatic carbocycles. The molecular weight excluding hydrogens is 292 g/mol. The van der Waals surface area contributed by atoms with Crippen molar-refractivity contribution in [2.24, 2.45) is 0 Å². The Morgan fingerprint density at radius 3 is 2.78 bits per heavy atom. The second-order valence-corrected chi connectivity index (χ2v) is 5.38. The van der Waals surface area contributed by atoms with Gasteiger partial charge in [0.15, 0.2) is 6.61 Å². The van der Waals surface area contributed by atoms with E-state index in [9.17, 15) is 9.59 Å². The van der Waals surface area contributed by atoms with E-state index in [1.54, 1.807) is 29.2 Å². The molecule has 1 aliphatic heterocycles. The quantitative estimate of drug-likeness (QED) is 0.948. The van der Waals surface area contributed by atoms with Gasteiger partial charge in [0.2, 0.25) is 0 Å². The lowest BCUT2D eigenvalue weighted by molar-refractivity contribution is -0.121. The second-order valence-electron chi connectivity index (χ2n) is 5.38. The monoisotopic (exact) mass is 310 g/mol. The largest absolute Gasteiger partial charge is 0.482 e. The van der Waals surface area contributed by atoms with Crippen molar-refractivity contribution in [1.29, 1.82) is 0 Å². The summed E-state index contributed by atoms with van der Waals surface area (Å²) in [6.45, 7) is 4.42.